The standard InChI is InChI=1S/C42H26N4/c1-2-10-29(11-3-1)40-44-41(30-19-17-28(18-20-30)34-16-8-13-27-9-4-6-14-33(27)34)46-42(45-40)38-25-31-12-5-7-15-35(31)39-36-23-24-43-26-32(36)21-22-37(38)39/h1-26H. The van der Waals surface area contributed by atoms with Crippen LogP contribution in [0.5, 0.6) is 0 Å². The van der Waals surface area contributed by atoms with Gasteiger partial charge in [0.25, 0.3) is 0 Å². The van der Waals surface area contributed by atoms with Crippen LogP contribution in [0, 0.1) is 0 Å². The van der Waals surface area contributed by atoms with E-state index in [0.717, 1.165) is 43.8 Å². The molecule has 0 amide bonds. The van der Waals surface area contributed by atoms with Crippen molar-refractivity contribution in [2.75, 3.05) is 0 Å². The van der Waals surface area contributed by atoms with Crippen LogP contribution in [0.4, 0.5) is 0 Å². The molecule has 0 radical (unpaired) electrons. The Kier molecular flexibility index (Phi) is 6.10. The molecule has 214 valence electrons. The zero-order valence-corrected chi connectivity index (χ0v) is 24.8. The molecular formula is C42H26N4. The topological polar surface area (TPSA) is 51.6 Å². The SMILES string of the molecule is c1ccc(-c2nc(-c3ccc(-c4cccc5ccccc45)cc3)nc(-c3cc4ccccc4c4c3ccc3cnccc34)n2)cc1. The second-order valence-electron chi connectivity index (χ2n) is 11.5. The van der Waals surface area contributed by atoms with E-state index in [1.54, 1.807) is 0 Å². The van der Waals surface area contributed by atoms with E-state index >= 15 is 0 Å². The maximum absolute atomic E-state index is 5.15. The lowest BCUT2D eigenvalue weighted by Gasteiger charge is -2.14. The van der Waals surface area contributed by atoms with Gasteiger partial charge in [-0.05, 0) is 61.0 Å². The lowest BCUT2D eigenvalue weighted by molar-refractivity contribution is 1.08. The van der Waals surface area contributed by atoms with Crippen LogP contribution in [0.25, 0.3) is 88.4 Å². The summed E-state index contributed by atoms with van der Waals surface area (Å²) in [5.41, 5.74) is 5.21. The van der Waals surface area contributed by atoms with E-state index in [2.05, 4.69) is 120 Å². The molecule has 0 aliphatic rings. The number of pyridine rings is 1. The van der Waals surface area contributed by atoms with Gasteiger partial charge in [0.1, 0.15) is 0 Å². The molecule has 9 aromatic rings. The quantitative estimate of drug-likeness (QED) is 0.193. The van der Waals surface area contributed by atoms with Gasteiger partial charge >= 0.3 is 0 Å². The number of rotatable bonds is 4. The first kappa shape index (κ1) is 26.2. The molecule has 9 rings (SSSR count). The van der Waals surface area contributed by atoms with Gasteiger partial charge < -0.3 is 0 Å². The van der Waals surface area contributed by atoms with Crippen LogP contribution in [0.2, 0.25) is 0 Å². The molecule has 0 aliphatic carbocycles. The van der Waals surface area contributed by atoms with E-state index in [-0.39, 0.29) is 0 Å². The minimum Gasteiger partial charge on any atom is -0.264 e. The number of fused-ring (bicyclic) bond motifs is 6. The molecule has 7 aromatic carbocycles. The highest BCUT2D eigenvalue weighted by Gasteiger charge is 2.17. The molecule has 0 spiro atoms. The first-order valence-electron chi connectivity index (χ1n) is 15.4. The summed E-state index contributed by atoms with van der Waals surface area (Å²) in [6, 6.07) is 50.8. The molecule has 2 aromatic heterocycles. The van der Waals surface area contributed by atoms with E-state index in [1.807, 2.05) is 42.7 Å². The summed E-state index contributed by atoms with van der Waals surface area (Å²) in [5, 5.41) is 9.33. The van der Waals surface area contributed by atoms with Crippen molar-refractivity contribution >= 4 is 43.1 Å². The maximum Gasteiger partial charge on any atom is 0.164 e. The third-order valence-electron chi connectivity index (χ3n) is 8.79. The van der Waals surface area contributed by atoms with Gasteiger partial charge in [0.05, 0.1) is 0 Å². The van der Waals surface area contributed by atoms with Gasteiger partial charge in [0.2, 0.25) is 0 Å². The highest BCUT2D eigenvalue weighted by atomic mass is 15.0. The summed E-state index contributed by atoms with van der Waals surface area (Å²) in [4.78, 5) is 19.6. The molecule has 46 heavy (non-hydrogen) atoms. The Labute approximate surface area is 265 Å². The Morgan fingerprint density at radius 1 is 0.348 bits per heavy atom. The average Bonchev–Trinajstić information content (AvgIpc) is 3.14. The Balaban J connectivity index is 1.26. The average molecular weight is 587 g/mol. The fourth-order valence-electron chi connectivity index (χ4n) is 6.57. The van der Waals surface area contributed by atoms with Gasteiger partial charge in [-0.1, -0.05) is 133 Å². The molecule has 0 unspecified atom stereocenters. The summed E-state index contributed by atoms with van der Waals surface area (Å²) < 4.78 is 0. The summed E-state index contributed by atoms with van der Waals surface area (Å²) in [5.74, 6) is 1.93. The van der Waals surface area contributed by atoms with E-state index in [4.69, 9.17) is 15.0 Å². The van der Waals surface area contributed by atoms with Crippen LogP contribution in [0.3, 0.4) is 0 Å². The lowest BCUT2D eigenvalue weighted by Crippen LogP contribution is -2.01. The highest BCUT2D eigenvalue weighted by molar-refractivity contribution is 6.23. The fraction of sp³-hybridized carbons (Fsp3) is 0. The minimum absolute atomic E-state index is 0.639. The zero-order valence-electron chi connectivity index (χ0n) is 24.8. The van der Waals surface area contributed by atoms with Gasteiger partial charge in [0, 0.05) is 34.5 Å². The minimum atomic E-state index is 0.639. The molecule has 0 saturated carbocycles. The summed E-state index contributed by atoms with van der Waals surface area (Å²) in [6.07, 6.45) is 3.78. The number of nitrogens with zero attached hydrogens (tertiary/aromatic N) is 4. The summed E-state index contributed by atoms with van der Waals surface area (Å²) >= 11 is 0. The largest absolute Gasteiger partial charge is 0.264 e. The van der Waals surface area contributed by atoms with Crippen molar-refractivity contribution in [1.82, 2.24) is 19.9 Å². The predicted octanol–water partition coefficient (Wildman–Crippen LogP) is 10.5. The Morgan fingerprint density at radius 3 is 1.80 bits per heavy atom. The molecule has 0 bridgehead atoms. The Bertz CT molecular complexity index is 2550. The molecule has 0 aliphatic heterocycles. The molecular weight excluding hydrogens is 560 g/mol. The summed E-state index contributed by atoms with van der Waals surface area (Å²) in [7, 11) is 0. The zero-order chi connectivity index (χ0) is 30.5. The number of hydrogen-bond acceptors (Lipinski definition) is 4. The van der Waals surface area contributed by atoms with E-state index in [1.165, 1.54) is 27.1 Å². The van der Waals surface area contributed by atoms with Crippen molar-refractivity contribution < 1.29 is 0 Å². The smallest absolute Gasteiger partial charge is 0.164 e. The molecule has 0 N–H and O–H groups in total. The monoisotopic (exact) mass is 586 g/mol. The van der Waals surface area contributed by atoms with E-state index in [0.29, 0.717) is 17.5 Å². The van der Waals surface area contributed by atoms with Gasteiger partial charge in [-0.25, -0.2) is 15.0 Å². The Hall–Kier alpha value is -6.26. The first-order chi connectivity index (χ1) is 22.8. The van der Waals surface area contributed by atoms with Crippen molar-refractivity contribution in [2.45, 2.75) is 0 Å². The molecule has 0 saturated heterocycles. The number of aromatic nitrogens is 4. The van der Waals surface area contributed by atoms with Crippen LogP contribution in [0.15, 0.2) is 158 Å². The molecule has 0 fully saturated rings. The third-order valence-corrected chi connectivity index (χ3v) is 8.79. The van der Waals surface area contributed by atoms with Gasteiger partial charge in [-0.15, -0.1) is 0 Å². The molecule has 4 nitrogen and oxygen atoms in total. The predicted molar refractivity (Wildman–Crippen MR) is 189 cm³/mol. The van der Waals surface area contributed by atoms with Crippen LogP contribution in [-0.2, 0) is 0 Å². The first-order valence-corrected chi connectivity index (χ1v) is 15.4. The van der Waals surface area contributed by atoms with Gasteiger partial charge in [-0.3, -0.25) is 4.98 Å². The van der Waals surface area contributed by atoms with Crippen LogP contribution in [0.1, 0.15) is 0 Å². The number of benzene rings is 7. The fourth-order valence-corrected chi connectivity index (χ4v) is 6.57. The van der Waals surface area contributed by atoms with Crippen LogP contribution >= 0.6 is 0 Å². The molecule has 0 atom stereocenters. The van der Waals surface area contributed by atoms with Crippen LogP contribution < -0.4 is 0 Å². The lowest BCUT2D eigenvalue weighted by atomic mass is 9.93. The van der Waals surface area contributed by atoms with Gasteiger partial charge in [-0.2, -0.15) is 0 Å². The Morgan fingerprint density at radius 2 is 0.978 bits per heavy atom. The van der Waals surface area contributed by atoms with Crippen molar-refractivity contribution in [1.29, 1.82) is 0 Å². The number of hydrogen-bond donors (Lipinski definition) is 0. The maximum atomic E-state index is 5.15. The summed E-state index contributed by atoms with van der Waals surface area (Å²) in [6.45, 7) is 0. The van der Waals surface area contributed by atoms with Crippen molar-refractivity contribution in [2.24, 2.45) is 0 Å². The second-order valence-corrected chi connectivity index (χ2v) is 11.5. The van der Waals surface area contributed by atoms with Crippen molar-refractivity contribution in [3.63, 3.8) is 0 Å². The van der Waals surface area contributed by atoms with Crippen molar-refractivity contribution in [3.8, 4) is 45.3 Å². The van der Waals surface area contributed by atoms with Crippen molar-refractivity contribution in [3.05, 3.63) is 158 Å². The second kappa shape index (κ2) is 10.7. The van der Waals surface area contributed by atoms with E-state index < -0.39 is 0 Å². The third kappa shape index (κ3) is 4.39. The molecule has 4 heteroatoms. The van der Waals surface area contributed by atoms with Gasteiger partial charge in [0.15, 0.2) is 17.5 Å². The normalized spacial score (nSPS) is 11.5. The molecule has 2 heterocycles. The highest BCUT2D eigenvalue weighted by Crippen LogP contribution is 2.39. The van der Waals surface area contributed by atoms with Crippen LogP contribution in [-0.4, -0.2) is 19.9 Å². The van der Waals surface area contributed by atoms with E-state index in [9.17, 15) is 0 Å².